The van der Waals surface area contributed by atoms with Gasteiger partial charge in [0.2, 0.25) is 5.91 Å². The molecule has 0 fully saturated rings. The zero-order valence-electron chi connectivity index (χ0n) is 12.9. The number of carbonyl (C=O) groups is 2. The van der Waals surface area contributed by atoms with Gasteiger partial charge in [-0.1, -0.05) is 11.6 Å². The lowest BCUT2D eigenvalue weighted by Gasteiger charge is -2.18. The summed E-state index contributed by atoms with van der Waals surface area (Å²) in [7, 11) is 0. The fourth-order valence-corrected chi connectivity index (χ4v) is 2.64. The van der Waals surface area contributed by atoms with Crippen LogP contribution in [0.1, 0.15) is 33.1 Å². The fourth-order valence-electron chi connectivity index (χ4n) is 1.66. The molecule has 1 aromatic carbocycles. The van der Waals surface area contributed by atoms with E-state index in [4.69, 9.17) is 16.7 Å². The third-order valence-electron chi connectivity index (χ3n) is 3.28. The molecule has 0 aliphatic heterocycles. The summed E-state index contributed by atoms with van der Waals surface area (Å²) in [5, 5.41) is 12.5. The Morgan fingerprint density at radius 1 is 1.27 bits per heavy atom. The van der Waals surface area contributed by atoms with Crippen molar-refractivity contribution in [3.8, 4) is 0 Å². The predicted molar refractivity (Wildman–Crippen MR) is 90.5 cm³/mol. The van der Waals surface area contributed by atoms with E-state index in [9.17, 15) is 9.59 Å². The lowest BCUT2D eigenvalue weighted by Crippen LogP contribution is -2.31. The molecule has 0 spiro atoms. The van der Waals surface area contributed by atoms with E-state index < -0.39 is 11.4 Å². The van der Waals surface area contributed by atoms with Crippen LogP contribution in [-0.2, 0) is 9.59 Å². The molecule has 1 aromatic rings. The zero-order valence-corrected chi connectivity index (χ0v) is 14.5. The Morgan fingerprint density at radius 3 is 2.50 bits per heavy atom. The van der Waals surface area contributed by atoms with Gasteiger partial charge < -0.3 is 10.4 Å². The van der Waals surface area contributed by atoms with E-state index in [1.165, 1.54) is 0 Å². The van der Waals surface area contributed by atoms with Crippen LogP contribution >= 0.6 is 23.4 Å². The Bertz CT molecular complexity index is 503. The number of thioether (sulfide) groups is 1. The third-order valence-corrected chi connectivity index (χ3v) is 4.63. The summed E-state index contributed by atoms with van der Waals surface area (Å²) in [5.74, 6) is -0.0191. The molecule has 22 heavy (non-hydrogen) atoms. The highest BCUT2D eigenvalue weighted by Crippen LogP contribution is 2.21. The number of amides is 1. The molecular formula is C16H22ClNO3S. The molecule has 0 radical (unpaired) electrons. The number of carbonyl (C=O) groups excluding carboxylic acids is 1. The number of carboxylic acids is 1. The van der Waals surface area contributed by atoms with E-state index in [1.54, 1.807) is 25.6 Å². The summed E-state index contributed by atoms with van der Waals surface area (Å²) >= 11 is 7.50. The van der Waals surface area contributed by atoms with Gasteiger partial charge in [0.25, 0.3) is 0 Å². The maximum absolute atomic E-state index is 11.7. The second-order valence-electron chi connectivity index (χ2n) is 5.69. The zero-order chi connectivity index (χ0) is 16.6. The van der Waals surface area contributed by atoms with Gasteiger partial charge in [-0.3, -0.25) is 9.59 Å². The van der Waals surface area contributed by atoms with E-state index in [1.807, 2.05) is 24.3 Å². The average molecular weight is 344 g/mol. The predicted octanol–water partition coefficient (Wildman–Crippen LogP) is 3.83. The van der Waals surface area contributed by atoms with Crippen molar-refractivity contribution >= 4 is 35.2 Å². The van der Waals surface area contributed by atoms with Crippen molar-refractivity contribution in [1.82, 2.24) is 5.32 Å². The molecule has 0 heterocycles. The molecule has 0 aliphatic rings. The number of hydrogen-bond donors (Lipinski definition) is 2. The molecule has 0 saturated carbocycles. The van der Waals surface area contributed by atoms with Crippen LogP contribution in [0, 0.1) is 5.41 Å². The SMILES string of the molecule is CC(C)(CCNC(=O)CCCSc1ccc(Cl)cc1)C(=O)O. The van der Waals surface area contributed by atoms with Crippen LogP contribution in [0.4, 0.5) is 0 Å². The second-order valence-corrected chi connectivity index (χ2v) is 7.30. The minimum atomic E-state index is -0.846. The lowest BCUT2D eigenvalue weighted by atomic mass is 9.90. The van der Waals surface area contributed by atoms with Gasteiger partial charge in [-0.2, -0.15) is 0 Å². The van der Waals surface area contributed by atoms with E-state index in [0.717, 1.165) is 17.1 Å². The molecule has 1 amide bonds. The lowest BCUT2D eigenvalue weighted by molar-refractivity contribution is -0.147. The maximum Gasteiger partial charge on any atom is 0.309 e. The molecular weight excluding hydrogens is 322 g/mol. The summed E-state index contributed by atoms with van der Waals surface area (Å²) in [6.07, 6.45) is 1.66. The molecule has 4 nitrogen and oxygen atoms in total. The standard InChI is InChI=1S/C16H22ClNO3S/c1-16(2,15(20)21)9-10-18-14(19)4-3-11-22-13-7-5-12(17)6-8-13/h5-8H,3-4,9-11H2,1-2H3,(H,18,19)(H,20,21). The van der Waals surface area contributed by atoms with E-state index in [-0.39, 0.29) is 5.91 Å². The molecule has 0 aliphatic carbocycles. The van der Waals surface area contributed by atoms with Gasteiger partial charge in [0.1, 0.15) is 0 Å². The Hall–Kier alpha value is -1.20. The largest absolute Gasteiger partial charge is 0.481 e. The van der Waals surface area contributed by atoms with Crippen molar-refractivity contribution in [2.24, 2.45) is 5.41 Å². The van der Waals surface area contributed by atoms with Crippen LogP contribution in [0.2, 0.25) is 5.02 Å². The topological polar surface area (TPSA) is 66.4 Å². The van der Waals surface area contributed by atoms with Crippen molar-refractivity contribution in [2.45, 2.75) is 38.0 Å². The van der Waals surface area contributed by atoms with Gasteiger partial charge in [-0.15, -0.1) is 11.8 Å². The monoisotopic (exact) mass is 343 g/mol. The van der Waals surface area contributed by atoms with Gasteiger partial charge in [0, 0.05) is 22.9 Å². The van der Waals surface area contributed by atoms with Crippen LogP contribution in [-0.4, -0.2) is 29.3 Å². The Morgan fingerprint density at radius 2 is 1.91 bits per heavy atom. The minimum absolute atomic E-state index is 0.0297. The van der Waals surface area contributed by atoms with Crippen molar-refractivity contribution < 1.29 is 14.7 Å². The summed E-state index contributed by atoms with van der Waals surface area (Å²) in [5.41, 5.74) is -0.808. The minimum Gasteiger partial charge on any atom is -0.481 e. The Kier molecular flexibility index (Phi) is 7.76. The Labute approximate surface area is 140 Å². The van der Waals surface area contributed by atoms with Crippen molar-refractivity contribution in [3.63, 3.8) is 0 Å². The molecule has 0 unspecified atom stereocenters. The first-order valence-corrected chi connectivity index (χ1v) is 8.56. The molecule has 0 atom stereocenters. The molecule has 2 N–H and O–H groups in total. The number of benzene rings is 1. The van der Waals surface area contributed by atoms with Crippen LogP contribution < -0.4 is 5.32 Å². The highest BCUT2D eigenvalue weighted by molar-refractivity contribution is 7.99. The summed E-state index contributed by atoms with van der Waals surface area (Å²) in [6, 6.07) is 7.61. The van der Waals surface area contributed by atoms with Crippen LogP contribution in [0.15, 0.2) is 29.2 Å². The summed E-state index contributed by atoms with van der Waals surface area (Å²) in [6.45, 7) is 3.71. The molecule has 6 heteroatoms. The first-order valence-electron chi connectivity index (χ1n) is 7.20. The Balaban J connectivity index is 2.13. The third kappa shape index (κ3) is 7.18. The first kappa shape index (κ1) is 18.8. The van der Waals surface area contributed by atoms with Gasteiger partial charge in [-0.05, 0) is 56.7 Å². The van der Waals surface area contributed by atoms with E-state index in [0.29, 0.717) is 24.4 Å². The van der Waals surface area contributed by atoms with Crippen molar-refractivity contribution in [1.29, 1.82) is 0 Å². The number of aliphatic carboxylic acids is 1. The van der Waals surface area contributed by atoms with Gasteiger partial charge in [0.15, 0.2) is 0 Å². The fraction of sp³-hybridized carbons (Fsp3) is 0.500. The van der Waals surface area contributed by atoms with E-state index in [2.05, 4.69) is 5.32 Å². The second kappa shape index (κ2) is 9.06. The number of halogens is 1. The number of rotatable bonds is 9. The first-order chi connectivity index (χ1) is 10.3. The average Bonchev–Trinajstić information content (AvgIpc) is 2.45. The highest BCUT2D eigenvalue weighted by Gasteiger charge is 2.26. The summed E-state index contributed by atoms with van der Waals surface area (Å²) < 4.78 is 0. The number of carboxylic acid groups (broad SMARTS) is 1. The molecule has 1 rings (SSSR count). The molecule has 0 saturated heterocycles. The van der Waals surface area contributed by atoms with Gasteiger partial charge in [0.05, 0.1) is 5.41 Å². The quantitative estimate of drug-likeness (QED) is 0.528. The van der Waals surface area contributed by atoms with Crippen molar-refractivity contribution in [2.75, 3.05) is 12.3 Å². The smallest absolute Gasteiger partial charge is 0.309 e. The molecule has 122 valence electrons. The van der Waals surface area contributed by atoms with Gasteiger partial charge in [-0.25, -0.2) is 0 Å². The maximum atomic E-state index is 11.7. The summed E-state index contributed by atoms with van der Waals surface area (Å²) in [4.78, 5) is 23.7. The number of nitrogens with one attached hydrogen (secondary N) is 1. The normalized spacial score (nSPS) is 11.2. The van der Waals surface area contributed by atoms with E-state index >= 15 is 0 Å². The molecule has 0 bridgehead atoms. The highest BCUT2D eigenvalue weighted by atomic mass is 35.5. The van der Waals surface area contributed by atoms with Crippen LogP contribution in [0.3, 0.4) is 0 Å². The number of hydrogen-bond acceptors (Lipinski definition) is 3. The van der Waals surface area contributed by atoms with Gasteiger partial charge >= 0.3 is 5.97 Å². The van der Waals surface area contributed by atoms with Crippen LogP contribution in [0.25, 0.3) is 0 Å². The molecule has 0 aromatic heterocycles. The van der Waals surface area contributed by atoms with Crippen LogP contribution in [0.5, 0.6) is 0 Å². The van der Waals surface area contributed by atoms with Crippen molar-refractivity contribution in [3.05, 3.63) is 29.3 Å².